The van der Waals surface area contributed by atoms with E-state index in [0.29, 0.717) is 13.0 Å². The molecule has 5 heteroatoms. The number of carbonyl (C=O) groups is 1. The van der Waals surface area contributed by atoms with Gasteiger partial charge in [0.1, 0.15) is 0 Å². The second kappa shape index (κ2) is 5.14. The lowest BCUT2D eigenvalue weighted by molar-refractivity contribution is -0.126. The normalized spacial score (nSPS) is 26.7. The van der Waals surface area contributed by atoms with Gasteiger partial charge in [-0.25, -0.2) is 0 Å². The topological polar surface area (TPSA) is 69.1 Å². The highest BCUT2D eigenvalue weighted by atomic mass is 16.1. The molecule has 1 aliphatic heterocycles. The van der Waals surface area contributed by atoms with Crippen LogP contribution in [-0.4, -0.2) is 35.9 Å². The van der Waals surface area contributed by atoms with Crippen molar-refractivity contribution < 1.29 is 4.79 Å². The van der Waals surface area contributed by atoms with E-state index in [1.165, 1.54) is 0 Å². The Balaban J connectivity index is 2.71. The lowest BCUT2D eigenvalue weighted by Gasteiger charge is -2.22. The van der Waals surface area contributed by atoms with E-state index < -0.39 is 0 Å². The third kappa shape index (κ3) is 2.70. The molecule has 0 spiro atoms. The average Bonchev–Trinajstić information content (AvgIpc) is 2.60. The maximum atomic E-state index is 11.9. The van der Waals surface area contributed by atoms with E-state index in [4.69, 9.17) is 5.53 Å². The number of nitrogens with zero attached hydrogens (tertiary/aromatic N) is 4. The summed E-state index contributed by atoms with van der Waals surface area (Å²) in [5.74, 6) is 0.307. The molecule has 1 fully saturated rings. The minimum absolute atomic E-state index is 0.0392. The first-order chi connectivity index (χ1) is 7.10. The highest BCUT2D eigenvalue weighted by molar-refractivity contribution is 5.86. The molecule has 1 saturated heterocycles. The van der Waals surface area contributed by atoms with Gasteiger partial charge in [-0.15, -0.1) is 0 Å². The second-order valence-electron chi connectivity index (χ2n) is 4.25. The minimum Gasteiger partial charge on any atom is -0.298 e. The Morgan fingerprint density at radius 2 is 2.33 bits per heavy atom. The zero-order valence-corrected chi connectivity index (χ0v) is 9.55. The maximum Gasteiger partial charge on any atom is 0.152 e. The molecular formula is C10H18N4O. The number of likely N-dealkylation sites (tertiary alicyclic amines) is 1. The first-order valence-corrected chi connectivity index (χ1v) is 5.42. The molecular weight excluding hydrogens is 192 g/mol. The number of likely N-dealkylation sites (N-methyl/N-ethyl adjacent to an activating group) is 1. The van der Waals surface area contributed by atoms with Gasteiger partial charge in [0.2, 0.25) is 0 Å². The van der Waals surface area contributed by atoms with Gasteiger partial charge in [0, 0.05) is 17.4 Å². The van der Waals surface area contributed by atoms with Crippen LogP contribution >= 0.6 is 0 Å². The van der Waals surface area contributed by atoms with E-state index in [1.54, 1.807) is 0 Å². The molecule has 0 saturated carbocycles. The molecule has 1 aliphatic rings. The Kier molecular flexibility index (Phi) is 4.12. The summed E-state index contributed by atoms with van der Waals surface area (Å²) in [6.07, 6.45) is 0.676. The summed E-state index contributed by atoms with van der Waals surface area (Å²) < 4.78 is 0. The van der Waals surface area contributed by atoms with Crippen molar-refractivity contribution in [2.45, 2.75) is 39.3 Å². The van der Waals surface area contributed by atoms with Crippen LogP contribution in [0.3, 0.4) is 0 Å². The van der Waals surface area contributed by atoms with Crippen LogP contribution in [-0.2, 0) is 4.79 Å². The molecule has 0 radical (unpaired) electrons. The Morgan fingerprint density at radius 3 is 2.80 bits per heavy atom. The number of carbonyl (C=O) groups excluding carboxylic acids is 1. The van der Waals surface area contributed by atoms with E-state index in [-0.39, 0.29) is 23.8 Å². The molecule has 0 aromatic heterocycles. The minimum atomic E-state index is -0.0505. The maximum absolute atomic E-state index is 11.9. The summed E-state index contributed by atoms with van der Waals surface area (Å²) in [5.41, 5.74) is 8.37. The molecule has 1 heterocycles. The number of rotatable bonds is 4. The lowest BCUT2D eigenvalue weighted by Crippen LogP contribution is -2.38. The molecule has 0 N–H and O–H groups in total. The zero-order chi connectivity index (χ0) is 11.4. The van der Waals surface area contributed by atoms with Gasteiger partial charge in [0.15, 0.2) is 5.78 Å². The van der Waals surface area contributed by atoms with Crippen LogP contribution < -0.4 is 0 Å². The second-order valence-corrected chi connectivity index (χ2v) is 4.25. The smallest absolute Gasteiger partial charge is 0.152 e. The molecule has 2 atom stereocenters. The SMILES string of the molecule is CCN1CC(N=[N+]=[N-])CC1C(=O)C(C)C. The summed E-state index contributed by atoms with van der Waals surface area (Å²) in [6, 6.07) is -0.0897. The predicted octanol–water partition coefficient (Wildman–Crippen LogP) is 1.98. The molecule has 0 aliphatic carbocycles. The van der Waals surface area contributed by atoms with Crippen LogP contribution in [0.2, 0.25) is 0 Å². The molecule has 0 aromatic carbocycles. The van der Waals surface area contributed by atoms with Gasteiger partial charge >= 0.3 is 0 Å². The van der Waals surface area contributed by atoms with E-state index in [9.17, 15) is 4.79 Å². The first kappa shape index (κ1) is 12.0. The zero-order valence-electron chi connectivity index (χ0n) is 9.55. The fourth-order valence-corrected chi connectivity index (χ4v) is 2.07. The van der Waals surface area contributed by atoms with Crippen molar-refractivity contribution in [2.75, 3.05) is 13.1 Å². The molecule has 0 aromatic rings. The predicted molar refractivity (Wildman–Crippen MR) is 58.4 cm³/mol. The standard InChI is InChI=1S/C10H18N4O/c1-4-14-6-8(12-13-11)5-9(14)10(15)7(2)3/h7-9H,4-6H2,1-3H3. The highest BCUT2D eigenvalue weighted by Gasteiger charge is 2.35. The third-order valence-corrected chi connectivity index (χ3v) is 2.90. The van der Waals surface area contributed by atoms with Gasteiger partial charge in [0.25, 0.3) is 0 Å². The molecule has 0 amide bonds. The third-order valence-electron chi connectivity index (χ3n) is 2.90. The van der Waals surface area contributed by atoms with E-state index >= 15 is 0 Å². The molecule has 0 bridgehead atoms. The number of Topliss-reactive ketones (excluding diaryl/α,β-unsaturated/α-hetero) is 1. The first-order valence-electron chi connectivity index (χ1n) is 5.42. The summed E-state index contributed by atoms with van der Waals surface area (Å²) in [4.78, 5) is 16.8. The van der Waals surface area contributed by atoms with Crippen LogP contribution in [0.15, 0.2) is 5.11 Å². The van der Waals surface area contributed by atoms with E-state index in [0.717, 1.165) is 6.54 Å². The van der Waals surface area contributed by atoms with Gasteiger partial charge in [-0.2, -0.15) is 0 Å². The number of ketones is 1. The lowest BCUT2D eigenvalue weighted by atomic mass is 9.99. The van der Waals surface area contributed by atoms with Crippen molar-refractivity contribution in [2.24, 2.45) is 11.0 Å². The summed E-state index contributed by atoms with van der Waals surface area (Å²) in [7, 11) is 0. The van der Waals surface area contributed by atoms with Crippen molar-refractivity contribution in [1.29, 1.82) is 0 Å². The fraction of sp³-hybridized carbons (Fsp3) is 0.900. The van der Waals surface area contributed by atoms with Crippen molar-refractivity contribution in [1.82, 2.24) is 4.90 Å². The van der Waals surface area contributed by atoms with Crippen molar-refractivity contribution in [3.8, 4) is 0 Å². The van der Waals surface area contributed by atoms with Crippen molar-refractivity contribution >= 4 is 5.78 Å². The quantitative estimate of drug-likeness (QED) is 0.404. The van der Waals surface area contributed by atoms with Crippen LogP contribution in [0.4, 0.5) is 0 Å². The van der Waals surface area contributed by atoms with Crippen molar-refractivity contribution in [3.05, 3.63) is 10.4 Å². The Labute approximate surface area is 90.1 Å². The van der Waals surface area contributed by atoms with Crippen LogP contribution in [0.5, 0.6) is 0 Å². The van der Waals surface area contributed by atoms with Crippen LogP contribution in [0, 0.1) is 5.92 Å². The number of hydrogen-bond acceptors (Lipinski definition) is 3. The van der Waals surface area contributed by atoms with E-state index in [2.05, 4.69) is 14.9 Å². The van der Waals surface area contributed by atoms with Gasteiger partial charge < -0.3 is 0 Å². The molecule has 84 valence electrons. The molecule has 1 rings (SSSR count). The van der Waals surface area contributed by atoms with Gasteiger partial charge in [0.05, 0.1) is 12.1 Å². The van der Waals surface area contributed by atoms with Gasteiger partial charge in [-0.1, -0.05) is 25.9 Å². The number of azide groups is 1. The van der Waals surface area contributed by atoms with Gasteiger partial charge in [-0.05, 0) is 18.5 Å². The Morgan fingerprint density at radius 1 is 1.67 bits per heavy atom. The monoisotopic (exact) mass is 210 g/mol. The summed E-state index contributed by atoms with van der Waals surface area (Å²) in [5, 5.41) is 3.70. The Bertz CT molecular complexity index is 283. The van der Waals surface area contributed by atoms with Crippen LogP contribution in [0.1, 0.15) is 27.2 Å². The largest absolute Gasteiger partial charge is 0.298 e. The van der Waals surface area contributed by atoms with E-state index in [1.807, 2.05) is 20.8 Å². The van der Waals surface area contributed by atoms with Crippen LogP contribution in [0.25, 0.3) is 10.4 Å². The number of hydrogen-bond donors (Lipinski definition) is 0. The fourth-order valence-electron chi connectivity index (χ4n) is 2.07. The average molecular weight is 210 g/mol. The molecule has 2 unspecified atom stereocenters. The summed E-state index contributed by atoms with van der Waals surface area (Å²) >= 11 is 0. The van der Waals surface area contributed by atoms with Crippen molar-refractivity contribution in [3.63, 3.8) is 0 Å². The highest BCUT2D eigenvalue weighted by Crippen LogP contribution is 2.23. The summed E-state index contributed by atoms with van der Waals surface area (Å²) in [6.45, 7) is 7.40. The molecule has 5 nitrogen and oxygen atoms in total. The van der Waals surface area contributed by atoms with Gasteiger partial charge in [-0.3, -0.25) is 9.69 Å². The Hall–Kier alpha value is -1.06. The molecule has 15 heavy (non-hydrogen) atoms.